The van der Waals surface area contributed by atoms with Crippen molar-refractivity contribution in [1.82, 2.24) is 10.3 Å². The molecule has 0 bridgehead atoms. The first-order valence-electron chi connectivity index (χ1n) is 8.06. The maximum Gasteiger partial charge on any atom is 0.287 e. The number of benzene rings is 1. The van der Waals surface area contributed by atoms with Crippen LogP contribution in [0.2, 0.25) is 0 Å². The molecule has 3 aromatic rings. The topological polar surface area (TPSA) is 84.6 Å². The van der Waals surface area contributed by atoms with Crippen molar-refractivity contribution in [2.24, 2.45) is 5.92 Å². The number of para-hydroxylation sites is 1. The van der Waals surface area contributed by atoms with Crippen molar-refractivity contribution in [2.75, 3.05) is 20.3 Å². The van der Waals surface area contributed by atoms with Crippen molar-refractivity contribution in [3.8, 4) is 5.75 Å². The molecule has 3 rings (SSSR count). The Bertz CT molecular complexity index is 845. The highest BCUT2D eigenvalue weighted by Crippen LogP contribution is 2.28. The number of amides is 1. The summed E-state index contributed by atoms with van der Waals surface area (Å²) in [6.07, 6.45) is 2.30. The third-order valence-corrected chi connectivity index (χ3v) is 3.99. The first-order valence-corrected chi connectivity index (χ1v) is 8.06. The van der Waals surface area contributed by atoms with Crippen molar-refractivity contribution in [1.29, 1.82) is 0 Å². The average Bonchev–Trinajstić information content (AvgIpc) is 3.10. The van der Waals surface area contributed by atoms with E-state index < -0.39 is 0 Å². The molecule has 130 valence electrons. The molecule has 1 amide bonds. The number of carbonyl (C=O) groups is 1. The average molecular weight is 340 g/mol. The number of aromatic nitrogens is 1. The van der Waals surface area contributed by atoms with Gasteiger partial charge >= 0.3 is 0 Å². The monoisotopic (exact) mass is 340 g/mol. The molecule has 2 aromatic heterocycles. The van der Waals surface area contributed by atoms with E-state index in [1.165, 1.54) is 0 Å². The number of ether oxygens (including phenoxy) is 1. The summed E-state index contributed by atoms with van der Waals surface area (Å²) in [4.78, 5) is 16.6. The van der Waals surface area contributed by atoms with Gasteiger partial charge in [-0.05, 0) is 30.7 Å². The van der Waals surface area contributed by atoms with Crippen LogP contribution >= 0.6 is 0 Å². The number of nitrogens with zero attached hydrogens (tertiary/aromatic N) is 1. The van der Waals surface area contributed by atoms with Gasteiger partial charge in [-0.3, -0.25) is 9.78 Å². The molecular formula is C19H20N2O4. The van der Waals surface area contributed by atoms with E-state index in [9.17, 15) is 9.90 Å². The number of nitrogens with one attached hydrogen (secondary N) is 1. The van der Waals surface area contributed by atoms with E-state index >= 15 is 0 Å². The summed E-state index contributed by atoms with van der Waals surface area (Å²) in [6, 6.07) is 12.8. The fourth-order valence-corrected chi connectivity index (χ4v) is 2.65. The third kappa shape index (κ3) is 3.97. The Kier molecular flexibility index (Phi) is 5.30. The second-order valence-electron chi connectivity index (χ2n) is 5.77. The summed E-state index contributed by atoms with van der Waals surface area (Å²) < 4.78 is 10.9. The number of rotatable bonds is 7. The Morgan fingerprint density at radius 1 is 1.32 bits per heavy atom. The van der Waals surface area contributed by atoms with Crippen LogP contribution < -0.4 is 10.1 Å². The molecule has 6 nitrogen and oxygen atoms in total. The molecule has 0 aliphatic heterocycles. The van der Waals surface area contributed by atoms with Crippen LogP contribution in [0.3, 0.4) is 0 Å². The van der Waals surface area contributed by atoms with Crippen LogP contribution in [0.5, 0.6) is 5.75 Å². The molecule has 0 aliphatic rings. The Morgan fingerprint density at radius 3 is 2.92 bits per heavy atom. The Morgan fingerprint density at radius 2 is 2.20 bits per heavy atom. The van der Waals surface area contributed by atoms with Crippen molar-refractivity contribution in [3.05, 3.63) is 60.1 Å². The Labute approximate surface area is 145 Å². The molecule has 0 saturated carbocycles. The lowest BCUT2D eigenvalue weighted by Gasteiger charge is -2.14. The molecule has 0 spiro atoms. The maximum atomic E-state index is 12.3. The van der Waals surface area contributed by atoms with Gasteiger partial charge in [-0.2, -0.15) is 0 Å². The standard InChI is InChI=1S/C19H20N2O4/c1-24-16-7-4-5-14-10-17(25-18(14)16)19(23)21-11-13(12-22)9-15-6-2-3-8-20-15/h2-8,10,13,22H,9,11-12H2,1H3,(H,21,23). The third-order valence-electron chi connectivity index (χ3n) is 3.99. The van der Waals surface area contributed by atoms with E-state index in [4.69, 9.17) is 9.15 Å². The Balaban J connectivity index is 1.65. The lowest BCUT2D eigenvalue weighted by Crippen LogP contribution is -2.31. The fraction of sp³-hybridized carbons (Fsp3) is 0.263. The minimum atomic E-state index is -0.322. The molecule has 0 fully saturated rings. The summed E-state index contributed by atoms with van der Waals surface area (Å²) in [5.74, 6) is 0.365. The number of pyridine rings is 1. The molecular weight excluding hydrogens is 320 g/mol. The van der Waals surface area contributed by atoms with Gasteiger partial charge in [0.25, 0.3) is 5.91 Å². The fourth-order valence-electron chi connectivity index (χ4n) is 2.65. The molecule has 25 heavy (non-hydrogen) atoms. The van der Waals surface area contributed by atoms with Crippen LogP contribution in [-0.4, -0.2) is 36.3 Å². The number of fused-ring (bicyclic) bond motifs is 1. The molecule has 0 saturated heterocycles. The van der Waals surface area contributed by atoms with Crippen LogP contribution in [0, 0.1) is 5.92 Å². The minimum absolute atomic E-state index is 0.0369. The van der Waals surface area contributed by atoms with Crippen LogP contribution in [0.1, 0.15) is 16.2 Å². The van der Waals surface area contributed by atoms with Crippen LogP contribution in [0.25, 0.3) is 11.0 Å². The summed E-state index contributed by atoms with van der Waals surface area (Å²) in [5, 5.41) is 13.1. The van der Waals surface area contributed by atoms with Gasteiger partial charge in [0.05, 0.1) is 7.11 Å². The molecule has 1 unspecified atom stereocenters. The summed E-state index contributed by atoms with van der Waals surface area (Å²) >= 11 is 0. The predicted molar refractivity (Wildman–Crippen MR) is 93.6 cm³/mol. The van der Waals surface area contributed by atoms with E-state index in [0.29, 0.717) is 24.3 Å². The zero-order chi connectivity index (χ0) is 17.6. The first-order chi connectivity index (χ1) is 12.2. The molecule has 1 aromatic carbocycles. The summed E-state index contributed by atoms with van der Waals surface area (Å²) in [7, 11) is 1.56. The SMILES string of the molecule is COc1cccc2cc(C(=O)NCC(CO)Cc3ccccn3)oc12. The number of furan rings is 1. The van der Waals surface area contributed by atoms with Gasteiger partial charge in [0.2, 0.25) is 0 Å². The molecule has 6 heteroatoms. The van der Waals surface area contributed by atoms with Crippen molar-refractivity contribution in [3.63, 3.8) is 0 Å². The number of hydrogen-bond donors (Lipinski definition) is 2. The highest BCUT2D eigenvalue weighted by atomic mass is 16.5. The van der Waals surface area contributed by atoms with Crippen molar-refractivity contribution in [2.45, 2.75) is 6.42 Å². The number of methoxy groups -OCH3 is 1. The van der Waals surface area contributed by atoms with Gasteiger partial charge in [0.1, 0.15) is 0 Å². The largest absolute Gasteiger partial charge is 0.493 e. The molecule has 0 aliphatic carbocycles. The minimum Gasteiger partial charge on any atom is -0.493 e. The van der Waals surface area contributed by atoms with E-state index in [-0.39, 0.29) is 24.2 Å². The summed E-state index contributed by atoms with van der Waals surface area (Å²) in [6.45, 7) is 0.297. The zero-order valence-corrected chi connectivity index (χ0v) is 13.9. The number of aliphatic hydroxyl groups excluding tert-OH is 1. The van der Waals surface area contributed by atoms with Gasteiger partial charge in [-0.1, -0.05) is 18.2 Å². The first kappa shape index (κ1) is 17.0. The lowest BCUT2D eigenvalue weighted by atomic mass is 10.0. The maximum absolute atomic E-state index is 12.3. The smallest absolute Gasteiger partial charge is 0.287 e. The molecule has 0 radical (unpaired) electrons. The van der Waals surface area contributed by atoms with Crippen LogP contribution in [-0.2, 0) is 6.42 Å². The van der Waals surface area contributed by atoms with Gasteiger partial charge in [0.15, 0.2) is 17.1 Å². The highest BCUT2D eigenvalue weighted by Gasteiger charge is 2.17. The summed E-state index contributed by atoms with van der Waals surface area (Å²) in [5.41, 5.74) is 1.42. The number of aliphatic hydroxyl groups is 1. The van der Waals surface area contributed by atoms with E-state index in [1.54, 1.807) is 25.4 Å². The quantitative estimate of drug-likeness (QED) is 0.690. The van der Waals surface area contributed by atoms with Gasteiger partial charge in [-0.15, -0.1) is 0 Å². The van der Waals surface area contributed by atoms with Gasteiger partial charge < -0.3 is 19.6 Å². The van der Waals surface area contributed by atoms with Crippen LogP contribution in [0.15, 0.2) is 53.1 Å². The second-order valence-corrected chi connectivity index (χ2v) is 5.77. The number of carbonyl (C=O) groups excluding carboxylic acids is 1. The highest BCUT2D eigenvalue weighted by molar-refractivity contribution is 5.97. The second kappa shape index (κ2) is 7.81. The molecule has 2 heterocycles. The lowest BCUT2D eigenvalue weighted by molar-refractivity contribution is 0.0914. The molecule has 1 atom stereocenters. The van der Waals surface area contributed by atoms with Gasteiger partial charge in [-0.25, -0.2) is 0 Å². The van der Waals surface area contributed by atoms with Gasteiger partial charge in [0, 0.05) is 36.3 Å². The number of hydrogen-bond acceptors (Lipinski definition) is 5. The van der Waals surface area contributed by atoms with Crippen molar-refractivity contribution < 1.29 is 19.1 Å². The van der Waals surface area contributed by atoms with E-state index in [1.807, 2.05) is 30.3 Å². The zero-order valence-electron chi connectivity index (χ0n) is 13.9. The van der Waals surface area contributed by atoms with Crippen LogP contribution in [0.4, 0.5) is 0 Å². The van der Waals surface area contributed by atoms with E-state index in [0.717, 1.165) is 11.1 Å². The molecule has 2 N–H and O–H groups in total. The van der Waals surface area contributed by atoms with Crippen molar-refractivity contribution >= 4 is 16.9 Å². The Hall–Kier alpha value is -2.86. The van der Waals surface area contributed by atoms with E-state index in [2.05, 4.69) is 10.3 Å². The normalized spacial score (nSPS) is 12.1. The predicted octanol–water partition coefficient (Wildman–Crippen LogP) is 2.42.